The summed E-state index contributed by atoms with van der Waals surface area (Å²) in [6, 6.07) is 8.24. The average Bonchev–Trinajstić information content (AvgIpc) is 2.56. The number of aryl methyl sites for hydroxylation is 1. The molecule has 2 heteroatoms. The molecule has 1 heterocycles. The quantitative estimate of drug-likeness (QED) is 0.782. The first kappa shape index (κ1) is 9.78. The SMILES string of the molecule is CCCCc1cc2cc(Br)ccc2o1. The highest BCUT2D eigenvalue weighted by molar-refractivity contribution is 9.10. The summed E-state index contributed by atoms with van der Waals surface area (Å²) < 4.78 is 6.81. The summed E-state index contributed by atoms with van der Waals surface area (Å²) in [5.41, 5.74) is 0.985. The molecular formula is C12H13BrO. The van der Waals surface area contributed by atoms with Crippen LogP contribution in [0.4, 0.5) is 0 Å². The van der Waals surface area contributed by atoms with Crippen molar-refractivity contribution in [2.45, 2.75) is 26.2 Å². The van der Waals surface area contributed by atoms with E-state index in [1.165, 1.54) is 18.2 Å². The summed E-state index contributed by atoms with van der Waals surface area (Å²) in [7, 11) is 0. The predicted molar refractivity (Wildman–Crippen MR) is 62.5 cm³/mol. The van der Waals surface area contributed by atoms with Crippen molar-refractivity contribution in [3.05, 3.63) is 34.5 Å². The van der Waals surface area contributed by atoms with Gasteiger partial charge in [-0.15, -0.1) is 0 Å². The van der Waals surface area contributed by atoms with Crippen molar-refractivity contribution in [3.63, 3.8) is 0 Å². The highest BCUT2D eigenvalue weighted by Crippen LogP contribution is 2.24. The molecule has 2 aromatic rings. The second kappa shape index (κ2) is 4.18. The standard InChI is InChI=1S/C12H13BrO/c1-2-3-4-11-8-9-7-10(13)5-6-12(9)14-11/h5-8H,2-4H2,1H3. The Morgan fingerprint density at radius 2 is 2.14 bits per heavy atom. The molecule has 0 saturated heterocycles. The third-order valence-corrected chi connectivity index (χ3v) is 2.80. The highest BCUT2D eigenvalue weighted by Gasteiger charge is 2.03. The van der Waals surface area contributed by atoms with Gasteiger partial charge < -0.3 is 4.42 Å². The van der Waals surface area contributed by atoms with Crippen molar-refractivity contribution in [3.8, 4) is 0 Å². The predicted octanol–water partition coefficient (Wildman–Crippen LogP) is 4.54. The summed E-state index contributed by atoms with van der Waals surface area (Å²) >= 11 is 3.45. The molecule has 0 spiro atoms. The molecule has 0 amide bonds. The van der Waals surface area contributed by atoms with Gasteiger partial charge in [-0.2, -0.15) is 0 Å². The second-order valence-electron chi connectivity index (χ2n) is 3.50. The lowest BCUT2D eigenvalue weighted by molar-refractivity contribution is 0.536. The van der Waals surface area contributed by atoms with Crippen LogP contribution in [-0.4, -0.2) is 0 Å². The van der Waals surface area contributed by atoms with Crippen molar-refractivity contribution in [2.24, 2.45) is 0 Å². The van der Waals surface area contributed by atoms with Crippen LogP contribution < -0.4 is 0 Å². The van der Waals surface area contributed by atoms with Crippen molar-refractivity contribution in [2.75, 3.05) is 0 Å². The Kier molecular flexibility index (Phi) is 2.92. The van der Waals surface area contributed by atoms with E-state index in [0.29, 0.717) is 0 Å². The molecule has 0 saturated carbocycles. The van der Waals surface area contributed by atoms with Crippen LogP contribution in [-0.2, 0) is 6.42 Å². The summed E-state index contributed by atoms with van der Waals surface area (Å²) in [5.74, 6) is 1.10. The number of benzene rings is 1. The van der Waals surface area contributed by atoms with Gasteiger partial charge in [0, 0.05) is 16.3 Å². The number of furan rings is 1. The molecule has 0 aliphatic rings. The minimum atomic E-state index is 0.985. The number of fused-ring (bicyclic) bond motifs is 1. The van der Waals surface area contributed by atoms with E-state index in [1.807, 2.05) is 12.1 Å². The van der Waals surface area contributed by atoms with E-state index in [4.69, 9.17) is 4.42 Å². The molecule has 0 radical (unpaired) electrons. The number of hydrogen-bond acceptors (Lipinski definition) is 1. The lowest BCUT2D eigenvalue weighted by atomic mass is 10.2. The lowest BCUT2D eigenvalue weighted by Gasteiger charge is -1.91. The monoisotopic (exact) mass is 252 g/mol. The molecule has 2 rings (SSSR count). The molecule has 0 bridgehead atoms. The third kappa shape index (κ3) is 2.01. The van der Waals surface area contributed by atoms with E-state index < -0.39 is 0 Å². The van der Waals surface area contributed by atoms with Crippen molar-refractivity contribution in [1.29, 1.82) is 0 Å². The Balaban J connectivity index is 2.32. The van der Waals surface area contributed by atoms with Crippen LogP contribution in [0.15, 0.2) is 33.2 Å². The summed E-state index contributed by atoms with van der Waals surface area (Å²) in [5, 5.41) is 1.19. The molecule has 1 aromatic heterocycles. The van der Waals surface area contributed by atoms with Crippen LogP contribution >= 0.6 is 15.9 Å². The van der Waals surface area contributed by atoms with E-state index >= 15 is 0 Å². The average molecular weight is 253 g/mol. The Bertz CT molecular complexity index is 431. The molecule has 0 unspecified atom stereocenters. The van der Waals surface area contributed by atoms with Gasteiger partial charge in [0.15, 0.2) is 0 Å². The molecule has 0 N–H and O–H groups in total. The van der Waals surface area contributed by atoms with Crippen LogP contribution in [0.3, 0.4) is 0 Å². The van der Waals surface area contributed by atoms with E-state index in [-0.39, 0.29) is 0 Å². The minimum Gasteiger partial charge on any atom is -0.461 e. The van der Waals surface area contributed by atoms with E-state index in [1.54, 1.807) is 0 Å². The Hall–Kier alpha value is -0.760. The molecule has 1 aromatic carbocycles. The number of unbranched alkanes of at least 4 members (excludes halogenated alkanes) is 1. The Morgan fingerprint density at radius 1 is 1.29 bits per heavy atom. The van der Waals surface area contributed by atoms with Crippen molar-refractivity contribution >= 4 is 26.9 Å². The van der Waals surface area contributed by atoms with Gasteiger partial charge in [-0.1, -0.05) is 29.3 Å². The van der Waals surface area contributed by atoms with Crippen LogP contribution in [0.5, 0.6) is 0 Å². The molecule has 14 heavy (non-hydrogen) atoms. The summed E-state index contributed by atoms with van der Waals surface area (Å²) in [6.07, 6.45) is 3.45. The maximum Gasteiger partial charge on any atom is 0.134 e. The third-order valence-electron chi connectivity index (χ3n) is 2.31. The van der Waals surface area contributed by atoms with Gasteiger partial charge in [-0.25, -0.2) is 0 Å². The number of hydrogen-bond donors (Lipinski definition) is 0. The number of rotatable bonds is 3. The molecule has 0 atom stereocenters. The van der Waals surface area contributed by atoms with Gasteiger partial charge in [0.25, 0.3) is 0 Å². The van der Waals surface area contributed by atoms with Gasteiger partial charge in [0.1, 0.15) is 11.3 Å². The van der Waals surface area contributed by atoms with Gasteiger partial charge >= 0.3 is 0 Å². The fraction of sp³-hybridized carbons (Fsp3) is 0.333. The number of halogens is 1. The van der Waals surface area contributed by atoms with Gasteiger partial charge in [0.2, 0.25) is 0 Å². The van der Waals surface area contributed by atoms with Crippen LogP contribution in [0.1, 0.15) is 25.5 Å². The van der Waals surface area contributed by atoms with Crippen molar-refractivity contribution in [1.82, 2.24) is 0 Å². The largest absolute Gasteiger partial charge is 0.461 e. The molecule has 74 valence electrons. The van der Waals surface area contributed by atoms with E-state index in [9.17, 15) is 0 Å². The fourth-order valence-electron chi connectivity index (χ4n) is 1.54. The smallest absolute Gasteiger partial charge is 0.134 e. The molecule has 0 fully saturated rings. The van der Waals surface area contributed by atoms with E-state index in [0.717, 1.165) is 22.2 Å². The zero-order chi connectivity index (χ0) is 9.97. The zero-order valence-corrected chi connectivity index (χ0v) is 9.80. The van der Waals surface area contributed by atoms with Crippen LogP contribution in [0.2, 0.25) is 0 Å². The van der Waals surface area contributed by atoms with Gasteiger partial charge in [0.05, 0.1) is 0 Å². The summed E-state index contributed by atoms with van der Waals surface area (Å²) in [4.78, 5) is 0. The normalized spacial score (nSPS) is 11.0. The lowest BCUT2D eigenvalue weighted by Crippen LogP contribution is -1.78. The summed E-state index contributed by atoms with van der Waals surface area (Å²) in [6.45, 7) is 2.19. The van der Waals surface area contributed by atoms with Crippen molar-refractivity contribution < 1.29 is 4.42 Å². The first-order valence-electron chi connectivity index (χ1n) is 4.97. The maximum atomic E-state index is 5.70. The van der Waals surface area contributed by atoms with Crippen LogP contribution in [0, 0.1) is 0 Å². The molecule has 0 aliphatic carbocycles. The molecular weight excluding hydrogens is 240 g/mol. The Labute approximate surface area is 92.2 Å². The van der Waals surface area contributed by atoms with Gasteiger partial charge in [-0.05, 0) is 30.7 Å². The fourth-order valence-corrected chi connectivity index (χ4v) is 1.92. The first-order chi connectivity index (χ1) is 6.79. The van der Waals surface area contributed by atoms with Gasteiger partial charge in [-0.3, -0.25) is 0 Å². The molecule has 0 aliphatic heterocycles. The van der Waals surface area contributed by atoms with E-state index in [2.05, 4.69) is 35.0 Å². The highest BCUT2D eigenvalue weighted by atomic mass is 79.9. The minimum absolute atomic E-state index is 0.985. The van der Waals surface area contributed by atoms with Crippen LogP contribution in [0.25, 0.3) is 11.0 Å². The topological polar surface area (TPSA) is 13.1 Å². The first-order valence-corrected chi connectivity index (χ1v) is 5.77. The molecule has 1 nitrogen and oxygen atoms in total. The Morgan fingerprint density at radius 3 is 2.93 bits per heavy atom. The zero-order valence-electron chi connectivity index (χ0n) is 8.22. The maximum absolute atomic E-state index is 5.70. The second-order valence-corrected chi connectivity index (χ2v) is 4.41.